The van der Waals surface area contributed by atoms with E-state index in [0.29, 0.717) is 27.8 Å². The van der Waals surface area contributed by atoms with Gasteiger partial charge in [0, 0.05) is 54.5 Å². The third-order valence-electron chi connectivity index (χ3n) is 7.38. The molecular weight excluding hydrogens is 743 g/mol. The van der Waals surface area contributed by atoms with Crippen molar-refractivity contribution < 1.29 is 35.5 Å². The van der Waals surface area contributed by atoms with Crippen LogP contribution in [0.5, 0.6) is 0 Å². The van der Waals surface area contributed by atoms with Gasteiger partial charge in [-0.25, -0.2) is 4.98 Å². The summed E-state index contributed by atoms with van der Waals surface area (Å²) in [5.74, 6) is 0. The molecule has 0 N–H and O–H groups in total. The number of aromatic nitrogens is 3. The van der Waals surface area contributed by atoms with Gasteiger partial charge < -0.3 is 14.4 Å². The van der Waals surface area contributed by atoms with E-state index in [4.69, 9.17) is 15.4 Å². The van der Waals surface area contributed by atoms with Crippen LogP contribution in [0.3, 0.4) is 0 Å². The zero-order chi connectivity index (χ0) is 38.2. The van der Waals surface area contributed by atoms with Crippen LogP contribution in [0.1, 0.15) is 59.7 Å². The molecule has 3 aromatic carbocycles. The Balaban J connectivity index is 0.000000276. The van der Waals surface area contributed by atoms with Gasteiger partial charge in [-0.1, -0.05) is 79.7 Å². The van der Waals surface area contributed by atoms with Gasteiger partial charge in [-0.05, 0) is 78.2 Å². The summed E-state index contributed by atoms with van der Waals surface area (Å²) < 4.78 is 68.2. The van der Waals surface area contributed by atoms with E-state index in [1.165, 1.54) is 17.8 Å². The Morgan fingerprint density at radius 1 is 0.804 bits per heavy atom. The van der Waals surface area contributed by atoms with Crippen LogP contribution < -0.4 is 0 Å². The molecule has 0 atom stereocenters. The zero-order valence-electron chi connectivity index (χ0n) is 33.7. The first-order valence-electron chi connectivity index (χ1n) is 18.6. The molecule has 7 rings (SSSR count). The van der Waals surface area contributed by atoms with Crippen molar-refractivity contribution in [2.24, 2.45) is 0 Å². The molecule has 0 spiro atoms. The molecule has 0 bridgehead atoms. The molecule has 0 aliphatic rings. The minimum atomic E-state index is -2.34. The molecule has 0 aliphatic carbocycles. The Labute approximate surface area is 296 Å². The largest absolute Gasteiger partial charge is 0.486 e. The van der Waals surface area contributed by atoms with Gasteiger partial charge in [0.25, 0.3) is 0 Å². The second-order valence-corrected chi connectivity index (χ2v) is 11.7. The Morgan fingerprint density at radius 2 is 1.67 bits per heavy atom. The topological polar surface area (TPSA) is 51.8 Å². The number of hydrogen-bond acceptors (Lipinski definition) is 4. The first-order valence-corrected chi connectivity index (χ1v) is 14.6. The Kier molecular flexibility index (Phi) is 7.42. The van der Waals surface area contributed by atoms with E-state index < -0.39 is 20.1 Å². The fourth-order valence-electron chi connectivity index (χ4n) is 4.92. The third kappa shape index (κ3) is 7.67. The van der Waals surface area contributed by atoms with Crippen LogP contribution in [0.15, 0.2) is 114 Å². The van der Waals surface area contributed by atoms with Crippen LogP contribution >= 0.6 is 0 Å². The number of pyridine rings is 3. The summed E-state index contributed by atoms with van der Waals surface area (Å²) in [6.45, 7) is 2.04. The fraction of sp³-hybridized carbons (Fsp3) is 0.195. The smallest absolute Gasteiger partial charge is 0.216 e. The molecule has 46 heavy (non-hydrogen) atoms. The van der Waals surface area contributed by atoms with Crippen molar-refractivity contribution >= 4 is 22.1 Å². The summed E-state index contributed by atoms with van der Waals surface area (Å²) >= 11 is 0. The van der Waals surface area contributed by atoms with Gasteiger partial charge in [0.05, 0.1) is 5.58 Å². The average Bonchev–Trinajstić information content (AvgIpc) is 3.50. The van der Waals surface area contributed by atoms with E-state index >= 15 is 0 Å². The number of benzene rings is 3. The molecule has 0 fully saturated rings. The van der Waals surface area contributed by atoms with Crippen molar-refractivity contribution in [1.29, 1.82) is 0 Å². The van der Waals surface area contributed by atoms with E-state index in [0.717, 1.165) is 22.2 Å². The summed E-state index contributed by atoms with van der Waals surface area (Å²) in [7, 11) is 0. The molecule has 0 saturated heterocycles. The molecule has 1 radical (unpaired) electrons. The summed E-state index contributed by atoms with van der Waals surface area (Å²) in [4.78, 5) is 12.8. The normalized spacial score (nSPS) is 14.6. The Morgan fingerprint density at radius 3 is 2.39 bits per heavy atom. The van der Waals surface area contributed by atoms with Gasteiger partial charge in [-0.3, -0.25) is 0 Å². The van der Waals surface area contributed by atoms with Crippen molar-refractivity contribution in [2.75, 3.05) is 0 Å². The molecule has 4 aromatic heterocycles. The monoisotopic (exact) mass is 788 g/mol. The maximum atomic E-state index is 8.82. The minimum Gasteiger partial charge on any atom is -0.486 e. The molecule has 0 unspecified atom stereocenters. The maximum absolute atomic E-state index is 8.82. The number of nitrogens with zero attached hydrogens (tertiary/aromatic N) is 3. The number of furan rings is 1. The van der Waals surface area contributed by atoms with Crippen molar-refractivity contribution in [3.63, 3.8) is 0 Å². The van der Waals surface area contributed by atoms with Gasteiger partial charge in [-0.15, -0.1) is 54.1 Å². The van der Waals surface area contributed by atoms with Crippen LogP contribution in [0.25, 0.3) is 44.6 Å². The maximum Gasteiger partial charge on any atom is 0.216 e. The van der Waals surface area contributed by atoms with Crippen molar-refractivity contribution in [2.45, 2.75) is 52.7 Å². The fourth-order valence-corrected chi connectivity index (χ4v) is 4.92. The number of aryl methyl sites for hydroxylation is 4. The summed E-state index contributed by atoms with van der Waals surface area (Å²) in [5, 5.41) is 1.46. The number of fused-ring (bicyclic) bond motifs is 3. The second-order valence-electron chi connectivity index (χ2n) is 11.7. The van der Waals surface area contributed by atoms with Crippen LogP contribution in [0, 0.1) is 25.8 Å². The van der Waals surface area contributed by atoms with Crippen molar-refractivity contribution in [3.05, 3.63) is 150 Å². The van der Waals surface area contributed by atoms with Crippen LogP contribution in [0.4, 0.5) is 0 Å². The van der Waals surface area contributed by atoms with Crippen molar-refractivity contribution in [1.82, 2.24) is 15.0 Å². The van der Waals surface area contributed by atoms with Gasteiger partial charge in [0.2, 0.25) is 5.71 Å². The van der Waals surface area contributed by atoms with Gasteiger partial charge in [0.1, 0.15) is 0 Å². The molecule has 0 amide bonds. The first kappa shape index (κ1) is 23.8. The molecule has 0 aliphatic heterocycles. The molecule has 0 saturated carbocycles. The molecule has 233 valence electrons. The molecule has 4 nitrogen and oxygen atoms in total. The molecule has 7 aromatic rings. The van der Waals surface area contributed by atoms with Crippen molar-refractivity contribution in [3.8, 4) is 22.5 Å². The zero-order valence-corrected chi connectivity index (χ0v) is 28.1. The van der Waals surface area contributed by atoms with Crippen LogP contribution in [0.2, 0.25) is 0 Å². The van der Waals surface area contributed by atoms with E-state index in [-0.39, 0.29) is 48.9 Å². The van der Waals surface area contributed by atoms with Gasteiger partial charge in [-0.2, -0.15) is 0 Å². The molecular formula is C41H37IrN3O-2. The number of rotatable bonds is 5. The standard InChI is InChI=1S/C29H27N2O.C12H10N.Ir/c1-19-8-15-24-23-6-5-7-25(27(23)32-28(24)31-19)26-18-21(16-17-30-26)10-9-20-11-13-22(14-12-20)29(2,3)4;1-10-7-8-12(13-9-10)11-5-3-2-4-6-11;/h5-6,8,11-18H,9-10H2,1-4H3;2-5,7-9H,1H3;/q2*-1;/i1D3,10D2;1D3;. The van der Waals surface area contributed by atoms with Crippen LogP contribution in [-0.4, -0.2) is 15.0 Å². The average molecular weight is 788 g/mol. The predicted octanol–water partition coefficient (Wildman–Crippen LogP) is 10.1. The quantitative estimate of drug-likeness (QED) is 0.163. The summed E-state index contributed by atoms with van der Waals surface area (Å²) in [6.07, 6.45) is 1.58. The van der Waals surface area contributed by atoms with E-state index in [1.807, 2.05) is 36.4 Å². The first-order chi connectivity index (χ1) is 24.9. The Bertz CT molecular complexity index is 2350. The SMILES string of the molecule is [2H]C([2H])([2H])c1ccc(-c2[c-]cccc2)nc1.[2H]C([2H])([2H])c1ccc2c(n1)oc1c(-c3cc(C([2H])([2H])Cc4ccc(C(C)(C)C)cc4)ccn3)[c-]ccc12.[Ir]. The summed E-state index contributed by atoms with van der Waals surface area (Å²) in [6, 6.07) is 35.2. The Hall–Kier alpha value is -4.44. The minimum absolute atomic E-state index is 0. The second kappa shape index (κ2) is 14.3. The van der Waals surface area contributed by atoms with Gasteiger partial charge in [0.15, 0.2) is 0 Å². The van der Waals surface area contributed by atoms with E-state index in [1.54, 1.807) is 48.7 Å². The van der Waals surface area contributed by atoms with E-state index in [9.17, 15) is 0 Å². The third-order valence-corrected chi connectivity index (χ3v) is 7.38. The van der Waals surface area contributed by atoms with Gasteiger partial charge >= 0.3 is 0 Å². The molecule has 5 heteroatoms. The summed E-state index contributed by atoms with van der Waals surface area (Å²) in [5.41, 5.74) is 6.27. The number of hydrogen-bond donors (Lipinski definition) is 0. The predicted molar refractivity (Wildman–Crippen MR) is 184 cm³/mol. The molecule has 4 heterocycles. The van der Waals surface area contributed by atoms with Crippen LogP contribution in [-0.2, 0) is 38.3 Å². The van der Waals surface area contributed by atoms with E-state index in [2.05, 4.69) is 60.0 Å².